The van der Waals surface area contributed by atoms with Gasteiger partial charge in [0, 0.05) is 50.0 Å². The Balaban J connectivity index is 1.37. The molecule has 5 fully saturated rings. The first-order valence-electron chi connectivity index (χ1n) is 14.5. The van der Waals surface area contributed by atoms with Gasteiger partial charge >= 0.3 is 0 Å². The number of carbonyl (C=O) groups is 2. The van der Waals surface area contributed by atoms with E-state index >= 15 is 4.79 Å². The van der Waals surface area contributed by atoms with Crippen LogP contribution in [-0.4, -0.2) is 45.1 Å². The normalized spacial score (nSPS) is 28.7. The first-order chi connectivity index (χ1) is 19.9. The molecule has 1 amide bonds. The Morgan fingerprint density at radius 2 is 1.41 bits per heavy atom. The van der Waals surface area contributed by atoms with Crippen LogP contribution in [0.3, 0.4) is 0 Å². The van der Waals surface area contributed by atoms with Gasteiger partial charge in [0.1, 0.15) is 5.82 Å². The van der Waals surface area contributed by atoms with E-state index in [1.165, 1.54) is 19.3 Å². The standard InChI is InChI=1S/C34H33N5O2/c1-38-31(17-30(40)27-4-2-23(21-35)3-5-27)39(22-33-18-24-14-25(19-33)16-26(15-24)20-33)32(41)34(38,28-6-10-36-11-7-28)29-8-12-37-13-9-29/h2-13,17,24-26H,14-16,18-20,22H2,1H3. The average molecular weight is 544 g/mol. The molecule has 5 aliphatic rings. The molecular formula is C34H33N5O2. The van der Waals surface area contributed by atoms with Crippen molar-refractivity contribution in [3.63, 3.8) is 0 Å². The fraction of sp³-hybridized carbons (Fsp3) is 0.382. The van der Waals surface area contributed by atoms with Crippen LogP contribution in [0.5, 0.6) is 0 Å². The van der Waals surface area contributed by atoms with E-state index in [-0.39, 0.29) is 17.1 Å². The first kappa shape index (κ1) is 25.6. The van der Waals surface area contributed by atoms with Crippen LogP contribution in [0.15, 0.2) is 85.2 Å². The highest BCUT2D eigenvalue weighted by Crippen LogP contribution is 2.61. The fourth-order valence-corrected chi connectivity index (χ4v) is 8.84. The van der Waals surface area contributed by atoms with Crippen molar-refractivity contribution in [2.24, 2.45) is 23.2 Å². The summed E-state index contributed by atoms with van der Waals surface area (Å²) in [6, 6.07) is 16.3. The zero-order valence-electron chi connectivity index (χ0n) is 23.2. The molecule has 1 aliphatic heterocycles. The SMILES string of the molecule is CN1C(=CC(=O)c2ccc(C#N)cc2)N(CC23CC4CC(CC(C4)C2)C3)C(=O)C1(c1ccncc1)c1ccncc1. The maximum absolute atomic E-state index is 15.0. The summed E-state index contributed by atoms with van der Waals surface area (Å²) in [7, 11) is 1.91. The van der Waals surface area contributed by atoms with Crippen LogP contribution < -0.4 is 0 Å². The predicted octanol–water partition coefficient (Wildman–Crippen LogP) is 5.31. The fourth-order valence-electron chi connectivity index (χ4n) is 8.84. The first-order valence-corrected chi connectivity index (χ1v) is 14.5. The highest BCUT2D eigenvalue weighted by molar-refractivity contribution is 6.06. The van der Waals surface area contributed by atoms with Crippen molar-refractivity contribution in [2.45, 2.75) is 44.1 Å². The van der Waals surface area contributed by atoms with Crippen molar-refractivity contribution in [2.75, 3.05) is 13.6 Å². The van der Waals surface area contributed by atoms with Gasteiger partial charge in [-0.3, -0.25) is 24.5 Å². The molecule has 3 aromatic rings. The van der Waals surface area contributed by atoms with Gasteiger partial charge in [0.05, 0.1) is 11.6 Å². The summed E-state index contributed by atoms with van der Waals surface area (Å²) in [6.07, 6.45) is 15.9. The number of pyridine rings is 2. The summed E-state index contributed by atoms with van der Waals surface area (Å²) in [5, 5.41) is 9.21. The molecule has 7 nitrogen and oxygen atoms in total. The third-order valence-electron chi connectivity index (χ3n) is 10.1. The van der Waals surface area contributed by atoms with E-state index in [2.05, 4.69) is 16.0 Å². The lowest BCUT2D eigenvalue weighted by molar-refractivity contribution is -0.136. The molecule has 4 saturated carbocycles. The van der Waals surface area contributed by atoms with Crippen molar-refractivity contribution >= 4 is 11.7 Å². The van der Waals surface area contributed by atoms with Crippen LogP contribution in [0.1, 0.15) is 65.6 Å². The second-order valence-electron chi connectivity index (χ2n) is 12.6. The van der Waals surface area contributed by atoms with E-state index in [9.17, 15) is 10.1 Å². The lowest BCUT2D eigenvalue weighted by Gasteiger charge is -2.57. The molecule has 4 aliphatic carbocycles. The number of hydrogen-bond donors (Lipinski definition) is 0. The lowest BCUT2D eigenvalue weighted by Crippen LogP contribution is -2.52. The highest BCUT2D eigenvalue weighted by atomic mass is 16.2. The largest absolute Gasteiger partial charge is 0.339 e. The molecule has 0 N–H and O–H groups in total. The molecule has 3 heterocycles. The summed E-state index contributed by atoms with van der Waals surface area (Å²) in [4.78, 5) is 41.1. The number of nitrogens with zero attached hydrogens (tertiary/aromatic N) is 5. The Morgan fingerprint density at radius 1 is 0.902 bits per heavy atom. The third-order valence-corrected chi connectivity index (χ3v) is 10.1. The number of rotatable bonds is 6. The van der Waals surface area contributed by atoms with Crippen LogP contribution in [0.25, 0.3) is 0 Å². The Kier molecular flexibility index (Phi) is 6.04. The number of hydrogen-bond acceptors (Lipinski definition) is 6. The Bertz CT molecular complexity index is 1480. The molecule has 2 aromatic heterocycles. The number of benzene rings is 1. The summed E-state index contributed by atoms with van der Waals surface area (Å²) < 4.78 is 0. The van der Waals surface area contributed by atoms with E-state index in [4.69, 9.17) is 0 Å². The molecule has 41 heavy (non-hydrogen) atoms. The molecule has 0 unspecified atom stereocenters. The monoisotopic (exact) mass is 543 g/mol. The lowest BCUT2D eigenvalue weighted by atomic mass is 9.49. The number of ketones is 1. The van der Waals surface area contributed by atoms with E-state index in [1.54, 1.807) is 55.1 Å². The molecule has 1 saturated heterocycles. The van der Waals surface area contributed by atoms with Gasteiger partial charge in [0.25, 0.3) is 5.91 Å². The quantitative estimate of drug-likeness (QED) is 0.309. The van der Waals surface area contributed by atoms with Gasteiger partial charge < -0.3 is 4.90 Å². The summed E-state index contributed by atoms with van der Waals surface area (Å²) in [5.41, 5.74) is 1.50. The van der Waals surface area contributed by atoms with Crippen LogP contribution in [-0.2, 0) is 10.3 Å². The maximum atomic E-state index is 15.0. The molecule has 0 atom stereocenters. The Morgan fingerprint density at radius 3 is 1.90 bits per heavy atom. The van der Waals surface area contributed by atoms with Crippen LogP contribution in [0, 0.1) is 34.5 Å². The molecule has 0 spiro atoms. The number of amides is 1. The molecule has 8 rings (SSSR count). The van der Waals surface area contributed by atoms with Gasteiger partial charge in [-0.05, 0) is 121 Å². The van der Waals surface area contributed by atoms with Crippen molar-refractivity contribution < 1.29 is 9.59 Å². The summed E-state index contributed by atoms with van der Waals surface area (Å²) in [5.74, 6) is 2.60. The maximum Gasteiger partial charge on any atom is 0.263 e. The minimum Gasteiger partial charge on any atom is -0.339 e. The predicted molar refractivity (Wildman–Crippen MR) is 153 cm³/mol. The molecule has 206 valence electrons. The van der Waals surface area contributed by atoms with Crippen molar-refractivity contribution in [1.29, 1.82) is 5.26 Å². The van der Waals surface area contributed by atoms with E-state index in [0.717, 1.165) is 48.1 Å². The van der Waals surface area contributed by atoms with E-state index in [0.29, 0.717) is 23.5 Å². The van der Waals surface area contributed by atoms with E-state index in [1.807, 2.05) is 41.1 Å². The number of aromatic nitrogens is 2. The number of allylic oxidation sites excluding steroid dienone is 1. The molecular weight excluding hydrogens is 510 g/mol. The van der Waals surface area contributed by atoms with Crippen molar-refractivity contribution in [3.8, 4) is 6.07 Å². The highest BCUT2D eigenvalue weighted by Gasteiger charge is 2.59. The molecule has 7 heteroatoms. The smallest absolute Gasteiger partial charge is 0.263 e. The van der Waals surface area contributed by atoms with Crippen molar-refractivity contribution in [1.82, 2.24) is 19.8 Å². The van der Waals surface area contributed by atoms with Crippen LogP contribution in [0.4, 0.5) is 0 Å². The minimum atomic E-state index is -1.16. The Labute approximate surface area is 240 Å². The molecule has 4 bridgehead atoms. The van der Waals surface area contributed by atoms with Crippen molar-refractivity contribution in [3.05, 3.63) is 107 Å². The zero-order chi connectivity index (χ0) is 28.2. The Hall–Kier alpha value is -4.31. The second kappa shape index (κ2) is 9.66. The van der Waals surface area contributed by atoms with E-state index < -0.39 is 5.54 Å². The average Bonchev–Trinajstić information content (AvgIpc) is 3.18. The summed E-state index contributed by atoms with van der Waals surface area (Å²) >= 11 is 0. The van der Waals surface area contributed by atoms with Crippen LogP contribution >= 0.6 is 0 Å². The molecule has 0 radical (unpaired) electrons. The van der Waals surface area contributed by atoms with Gasteiger partial charge in [0.15, 0.2) is 11.3 Å². The topological polar surface area (TPSA) is 90.2 Å². The minimum absolute atomic E-state index is 0.0491. The molecule has 1 aromatic carbocycles. The zero-order valence-corrected chi connectivity index (χ0v) is 23.2. The summed E-state index contributed by atoms with van der Waals surface area (Å²) in [6.45, 7) is 0.615. The number of likely N-dealkylation sites (N-methyl/N-ethyl adjacent to an activating group) is 1. The second-order valence-corrected chi connectivity index (χ2v) is 12.6. The van der Waals surface area contributed by atoms with Crippen LogP contribution in [0.2, 0.25) is 0 Å². The number of carbonyl (C=O) groups excluding carboxylic acids is 2. The van der Waals surface area contributed by atoms with Gasteiger partial charge in [-0.25, -0.2) is 0 Å². The third kappa shape index (κ3) is 4.08. The van der Waals surface area contributed by atoms with Gasteiger partial charge in [-0.1, -0.05) is 0 Å². The van der Waals surface area contributed by atoms with Gasteiger partial charge in [-0.15, -0.1) is 0 Å². The van der Waals surface area contributed by atoms with Gasteiger partial charge in [-0.2, -0.15) is 5.26 Å². The number of nitriles is 1. The van der Waals surface area contributed by atoms with Gasteiger partial charge in [0.2, 0.25) is 0 Å².